The van der Waals surface area contributed by atoms with Crippen LogP contribution in [-0.2, 0) is 45.7 Å². The number of nitrogens with zero attached hydrogens (tertiary/aromatic N) is 8. The molecule has 0 saturated carbocycles. The van der Waals surface area contributed by atoms with Crippen LogP contribution in [0.15, 0.2) is 117 Å². The summed E-state index contributed by atoms with van der Waals surface area (Å²) in [5.74, 6) is 4.37. The van der Waals surface area contributed by atoms with Gasteiger partial charge >= 0.3 is 0 Å². The molecule has 0 radical (unpaired) electrons. The van der Waals surface area contributed by atoms with Gasteiger partial charge in [-0.15, -0.1) is 0 Å². The summed E-state index contributed by atoms with van der Waals surface area (Å²) in [7, 11) is 2.00. The van der Waals surface area contributed by atoms with Crippen LogP contribution in [-0.4, -0.2) is 44.0 Å². The lowest BCUT2D eigenvalue weighted by atomic mass is 10.0. The van der Waals surface area contributed by atoms with E-state index in [1.54, 1.807) is 6.33 Å². The first-order chi connectivity index (χ1) is 28.1. The predicted molar refractivity (Wildman–Crippen MR) is 249 cm³/mol. The Morgan fingerprint density at radius 2 is 1.15 bits per heavy atom. The molecule has 6 aromatic heterocycles. The van der Waals surface area contributed by atoms with Gasteiger partial charge in [0.25, 0.3) is 0 Å². The lowest BCUT2D eigenvalue weighted by Gasteiger charge is -2.03. The van der Waals surface area contributed by atoms with E-state index >= 15 is 0 Å². The van der Waals surface area contributed by atoms with Crippen LogP contribution in [0.4, 0.5) is 0 Å². The van der Waals surface area contributed by atoms with Crippen molar-refractivity contribution < 1.29 is 0 Å². The van der Waals surface area contributed by atoms with Crippen molar-refractivity contribution in [2.45, 2.75) is 128 Å². The van der Waals surface area contributed by atoms with E-state index in [4.69, 9.17) is 0 Å². The van der Waals surface area contributed by atoms with Gasteiger partial charge in [0.2, 0.25) is 0 Å². The summed E-state index contributed by atoms with van der Waals surface area (Å²) in [6, 6.07) is 14.3. The number of aryl methyl sites for hydroxylation is 2. The summed E-state index contributed by atoms with van der Waals surface area (Å²) < 4.78 is 4.09. The van der Waals surface area contributed by atoms with Gasteiger partial charge in [0.05, 0.1) is 24.7 Å². The first kappa shape index (κ1) is 52.1. The number of aromatic amines is 1. The van der Waals surface area contributed by atoms with E-state index in [2.05, 4.69) is 153 Å². The Labute approximate surface area is 359 Å². The summed E-state index contributed by atoms with van der Waals surface area (Å²) in [5, 5.41) is 0. The molecular weight excluding hydrogens is 727 g/mol. The smallest absolute Gasteiger partial charge is 0.0946 e. The molecule has 0 aliphatic rings. The number of rotatable bonds is 13. The molecule has 0 aliphatic heterocycles. The Bertz CT molecular complexity index is 1640. The molecule has 0 unspecified atom stereocenters. The second-order valence-corrected chi connectivity index (χ2v) is 17.6. The molecular formula is C50H79N9. The molecule has 0 fully saturated rings. The molecule has 6 aromatic rings. The Morgan fingerprint density at radius 3 is 1.63 bits per heavy atom. The quantitative estimate of drug-likeness (QED) is 0.125. The van der Waals surface area contributed by atoms with Crippen LogP contribution in [0.25, 0.3) is 0 Å². The summed E-state index contributed by atoms with van der Waals surface area (Å²) in [5.41, 5.74) is 6.32. The zero-order valence-corrected chi connectivity index (χ0v) is 39.0. The van der Waals surface area contributed by atoms with Crippen molar-refractivity contribution in [1.29, 1.82) is 0 Å². The van der Waals surface area contributed by atoms with Gasteiger partial charge < -0.3 is 14.1 Å². The summed E-state index contributed by atoms with van der Waals surface area (Å²) >= 11 is 0. The molecule has 0 bridgehead atoms. The number of imidazole rings is 3. The normalized spacial score (nSPS) is 10.5. The molecule has 6 rings (SSSR count). The highest BCUT2D eigenvalue weighted by Crippen LogP contribution is 2.07. The second-order valence-electron chi connectivity index (χ2n) is 17.6. The maximum Gasteiger partial charge on any atom is 0.0946 e. The number of nitrogens with one attached hydrogen (secondary N) is 1. The van der Waals surface area contributed by atoms with Gasteiger partial charge in [-0.25, -0.2) is 15.0 Å². The highest BCUT2D eigenvalue weighted by atomic mass is 15.0. The SMILES string of the molecule is CC(C)CCn1ccnc1.CC(C)Cc1ccccn1.CC(C)Cc1cccnc1.CC(C)Cc1ccncc1.CC(C)Cc1cn(C)cn1.CC(C)Cc1cnc[nH]1. The number of aromatic nitrogens is 9. The third-order valence-corrected chi connectivity index (χ3v) is 8.19. The van der Waals surface area contributed by atoms with Crippen molar-refractivity contribution in [2.24, 2.45) is 42.6 Å². The van der Waals surface area contributed by atoms with Crippen molar-refractivity contribution in [3.8, 4) is 0 Å². The minimum Gasteiger partial charge on any atom is -0.348 e. The van der Waals surface area contributed by atoms with Gasteiger partial charge in [0.1, 0.15) is 0 Å². The Hall–Kier alpha value is -4.92. The van der Waals surface area contributed by atoms with Gasteiger partial charge in [-0.1, -0.05) is 95.2 Å². The van der Waals surface area contributed by atoms with Crippen LogP contribution in [0.1, 0.15) is 118 Å². The highest BCUT2D eigenvalue weighted by Gasteiger charge is 2.00. The molecule has 0 saturated heterocycles. The van der Waals surface area contributed by atoms with E-state index in [-0.39, 0.29) is 0 Å². The second kappa shape index (κ2) is 32.0. The Morgan fingerprint density at radius 1 is 0.508 bits per heavy atom. The maximum atomic E-state index is 4.22. The topological polar surface area (TPSA) is 103 Å². The van der Waals surface area contributed by atoms with Crippen LogP contribution in [0.5, 0.6) is 0 Å². The first-order valence-corrected chi connectivity index (χ1v) is 21.7. The van der Waals surface area contributed by atoms with Crippen LogP contribution in [0.3, 0.4) is 0 Å². The fourth-order valence-corrected chi connectivity index (χ4v) is 5.57. The average Bonchev–Trinajstić information content (AvgIpc) is 3.97. The van der Waals surface area contributed by atoms with E-state index < -0.39 is 0 Å². The monoisotopic (exact) mass is 806 g/mol. The average molecular weight is 806 g/mol. The Kier molecular flexibility index (Phi) is 28.3. The van der Waals surface area contributed by atoms with Crippen molar-refractivity contribution in [1.82, 2.24) is 44.0 Å². The molecule has 0 spiro atoms. The fraction of sp³-hybridized carbons (Fsp3) is 0.520. The van der Waals surface area contributed by atoms with E-state index in [0.29, 0.717) is 17.8 Å². The van der Waals surface area contributed by atoms with E-state index in [1.165, 1.54) is 34.6 Å². The molecule has 0 aromatic carbocycles. The van der Waals surface area contributed by atoms with Crippen molar-refractivity contribution in [2.75, 3.05) is 0 Å². The molecule has 0 aliphatic carbocycles. The van der Waals surface area contributed by atoms with Crippen LogP contribution >= 0.6 is 0 Å². The minimum atomic E-state index is 0.704. The zero-order chi connectivity index (χ0) is 43.8. The first-order valence-electron chi connectivity index (χ1n) is 21.7. The summed E-state index contributed by atoms with van der Waals surface area (Å²) in [6.07, 6.45) is 29.3. The lowest BCUT2D eigenvalue weighted by molar-refractivity contribution is 0.516. The van der Waals surface area contributed by atoms with E-state index in [1.807, 2.05) is 92.0 Å². The number of hydrogen-bond acceptors (Lipinski definition) is 6. The lowest BCUT2D eigenvalue weighted by Crippen LogP contribution is -1.98. The molecule has 59 heavy (non-hydrogen) atoms. The predicted octanol–water partition coefficient (Wildman–Crippen LogP) is 12.0. The molecule has 1 N–H and O–H groups in total. The molecule has 6 heterocycles. The molecule has 0 amide bonds. The Balaban J connectivity index is 0.000000354. The van der Waals surface area contributed by atoms with Crippen LogP contribution in [0.2, 0.25) is 0 Å². The van der Waals surface area contributed by atoms with E-state index in [0.717, 1.165) is 56.4 Å². The van der Waals surface area contributed by atoms with Gasteiger partial charge in [-0.2, -0.15) is 0 Å². The highest BCUT2D eigenvalue weighted by molar-refractivity contribution is 5.10. The largest absolute Gasteiger partial charge is 0.348 e. The molecule has 324 valence electrons. The minimum absolute atomic E-state index is 0.704. The third kappa shape index (κ3) is 30.8. The summed E-state index contributed by atoms with van der Waals surface area (Å²) in [6.45, 7) is 27.6. The summed E-state index contributed by atoms with van der Waals surface area (Å²) in [4.78, 5) is 27.4. The zero-order valence-electron chi connectivity index (χ0n) is 39.0. The van der Waals surface area contributed by atoms with Gasteiger partial charge in [0, 0.05) is 80.8 Å². The van der Waals surface area contributed by atoms with Gasteiger partial charge in [0.15, 0.2) is 0 Å². The number of hydrogen-bond donors (Lipinski definition) is 1. The van der Waals surface area contributed by atoms with E-state index in [9.17, 15) is 0 Å². The van der Waals surface area contributed by atoms with Crippen molar-refractivity contribution in [3.63, 3.8) is 0 Å². The standard InChI is InChI=1S/3C9H13N.2C8H14N2.C7H12N2/c1-8(2)7-9-3-5-10-6-4-9;1-8(2)6-9-4-3-5-10-7-9;1-8(2)7-9-5-3-4-6-10-9;1-7(2)4-8-5-10(3)6-9-8;1-8(2)3-5-10-6-4-9-7-10;1-6(2)3-7-4-8-5-9-7/h3-6,8H,7H2,1-2H3;3-5,7-8H,6H2,1-2H3;3-6,8H,7H2,1-2H3;5-7H,4H2,1-3H3;4,6-8H,3,5H2,1-2H3;4-6H,3H2,1-2H3,(H,8,9). The van der Waals surface area contributed by atoms with Gasteiger partial charge in [-0.05, 0) is 115 Å². The van der Waals surface area contributed by atoms with Crippen molar-refractivity contribution >= 4 is 0 Å². The van der Waals surface area contributed by atoms with Crippen LogP contribution in [0, 0.1) is 35.5 Å². The molecule has 9 nitrogen and oxygen atoms in total. The maximum absolute atomic E-state index is 4.22. The molecule has 9 heteroatoms. The van der Waals surface area contributed by atoms with Gasteiger partial charge in [-0.3, -0.25) is 15.0 Å². The van der Waals surface area contributed by atoms with Crippen LogP contribution < -0.4 is 0 Å². The fourth-order valence-electron chi connectivity index (χ4n) is 5.57. The third-order valence-electron chi connectivity index (χ3n) is 8.19. The number of pyridine rings is 3. The van der Waals surface area contributed by atoms with Crippen molar-refractivity contribution in [3.05, 3.63) is 145 Å². The molecule has 0 atom stereocenters. The number of H-pyrrole nitrogens is 1.